The van der Waals surface area contributed by atoms with Gasteiger partial charge < -0.3 is 15.1 Å². The number of amides is 3. The smallest absolute Gasteiger partial charge is 0.323 e. The Labute approximate surface area is 166 Å². The van der Waals surface area contributed by atoms with Gasteiger partial charge in [-0.1, -0.05) is 0 Å². The molecule has 0 saturated carbocycles. The molecular weight excluding hydrogens is 413 g/mol. The molecule has 3 heterocycles. The van der Waals surface area contributed by atoms with Crippen molar-refractivity contribution in [3.05, 3.63) is 23.9 Å². The number of urea groups is 1. The minimum Gasteiger partial charge on any atom is -0.323 e. The van der Waals surface area contributed by atoms with Crippen LogP contribution in [0.4, 0.5) is 23.8 Å². The van der Waals surface area contributed by atoms with Crippen LogP contribution in [0.25, 0.3) is 0 Å². The molecule has 12 heteroatoms. The van der Waals surface area contributed by atoms with Crippen molar-refractivity contribution >= 4 is 27.6 Å². The maximum atomic E-state index is 12.8. The van der Waals surface area contributed by atoms with E-state index < -0.39 is 39.6 Å². The van der Waals surface area contributed by atoms with E-state index in [0.29, 0.717) is 25.8 Å². The summed E-state index contributed by atoms with van der Waals surface area (Å²) in [5, 5.41) is 2.37. The van der Waals surface area contributed by atoms with Gasteiger partial charge in [-0.25, -0.2) is 18.2 Å². The molecule has 0 aliphatic carbocycles. The summed E-state index contributed by atoms with van der Waals surface area (Å²) >= 11 is 0. The monoisotopic (exact) mass is 434 g/mol. The number of likely N-dealkylation sites (tertiary alicyclic amines) is 1. The van der Waals surface area contributed by atoms with Gasteiger partial charge in [0.2, 0.25) is 5.91 Å². The third-order valence-electron chi connectivity index (χ3n) is 5.00. The SMILES string of the molecule is O=C(Nc1cc(C(F)(F)F)ccn1)[C@@H]1CCCCN1C(=O)N1CCS(=O)(=O)CC1. The number of carbonyl (C=O) groups excluding carboxylic acids is 2. The maximum absolute atomic E-state index is 12.8. The topological polar surface area (TPSA) is 99.7 Å². The molecule has 0 bridgehead atoms. The second-order valence-corrected chi connectivity index (χ2v) is 9.35. The van der Waals surface area contributed by atoms with Crippen molar-refractivity contribution in [2.24, 2.45) is 0 Å². The molecule has 1 N–H and O–H groups in total. The number of sulfone groups is 1. The summed E-state index contributed by atoms with van der Waals surface area (Å²) in [5.41, 5.74) is -0.936. The molecule has 8 nitrogen and oxygen atoms in total. The Hall–Kier alpha value is -2.37. The van der Waals surface area contributed by atoms with Crippen molar-refractivity contribution in [3.63, 3.8) is 0 Å². The van der Waals surface area contributed by atoms with Crippen molar-refractivity contribution < 1.29 is 31.2 Å². The summed E-state index contributed by atoms with van der Waals surface area (Å²) in [4.78, 5) is 32.0. The van der Waals surface area contributed by atoms with E-state index in [1.807, 2.05) is 0 Å². The first kappa shape index (κ1) is 21.3. The van der Waals surface area contributed by atoms with E-state index in [0.717, 1.165) is 18.3 Å². The predicted octanol–water partition coefficient (Wildman–Crippen LogP) is 1.74. The average Bonchev–Trinajstić information content (AvgIpc) is 2.67. The Bertz CT molecular complexity index is 877. The molecule has 0 aromatic carbocycles. The molecule has 3 amide bonds. The Balaban J connectivity index is 1.71. The van der Waals surface area contributed by atoms with Crippen molar-refractivity contribution in [2.45, 2.75) is 31.5 Å². The molecule has 0 radical (unpaired) electrons. The van der Waals surface area contributed by atoms with Gasteiger partial charge in [0.25, 0.3) is 0 Å². The van der Waals surface area contributed by atoms with E-state index >= 15 is 0 Å². The van der Waals surface area contributed by atoms with Crippen molar-refractivity contribution in [1.29, 1.82) is 0 Å². The molecule has 160 valence electrons. The summed E-state index contributed by atoms with van der Waals surface area (Å²) in [6.07, 6.45) is -1.88. The molecule has 2 aliphatic heterocycles. The normalized spacial score (nSPS) is 22.2. The molecular formula is C17H21F3N4O4S. The largest absolute Gasteiger partial charge is 0.416 e. The quantitative estimate of drug-likeness (QED) is 0.765. The lowest BCUT2D eigenvalue weighted by molar-refractivity contribution is -0.137. The number of rotatable bonds is 2. The second kappa shape index (κ2) is 8.17. The Kier molecular flexibility index (Phi) is 6.01. The van der Waals surface area contributed by atoms with Crippen LogP contribution in [-0.4, -0.2) is 72.3 Å². The van der Waals surface area contributed by atoms with Gasteiger partial charge in [0.05, 0.1) is 17.1 Å². The number of nitrogens with zero attached hydrogens (tertiary/aromatic N) is 3. The van der Waals surface area contributed by atoms with Gasteiger partial charge in [-0.15, -0.1) is 0 Å². The summed E-state index contributed by atoms with van der Waals surface area (Å²) in [5.74, 6) is -1.11. The lowest BCUT2D eigenvalue weighted by Crippen LogP contribution is -2.56. The third kappa shape index (κ3) is 5.17. The number of piperidine rings is 1. The lowest BCUT2D eigenvalue weighted by atomic mass is 10.0. The molecule has 2 saturated heterocycles. The van der Waals surface area contributed by atoms with Crippen LogP contribution in [0.3, 0.4) is 0 Å². The zero-order valence-corrected chi connectivity index (χ0v) is 16.3. The summed E-state index contributed by atoms with van der Waals surface area (Å²) < 4.78 is 61.7. The number of hydrogen-bond donors (Lipinski definition) is 1. The number of hydrogen-bond acceptors (Lipinski definition) is 5. The van der Waals surface area contributed by atoms with Crippen molar-refractivity contribution in [3.8, 4) is 0 Å². The molecule has 0 unspecified atom stereocenters. The van der Waals surface area contributed by atoms with E-state index in [1.54, 1.807) is 0 Å². The average molecular weight is 434 g/mol. The van der Waals surface area contributed by atoms with Gasteiger partial charge in [0.15, 0.2) is 9.84 Å². The molecule has 2 aliphatic rings. The fraction of sp³-hybridized carbons (Fsp3) is 0.588. The number of nitrogens with one attached hydrogen (secondary N) is 1. The molecule has 3 rings (SSSR count). The second-order valence-electron chi connectivity index (χ2n) is 7.04. The molecule has 29 heavy (non-hydrogen) atoms. The van der Waals surface area contributed by atoms with Crippen LogP contribution in [0.5, 0.6) is 0 Å². The highest BCUT2D eigenvalue weighted by atomic mass is 32.2. The number of carbonyl (C=O) groups is 2. The fourth-order valence-corrected chi connectivity index (χ4v) is 4.60. The fourth-order valence-electron chi connectivity index (χ4n) is 3.40. The zero-order chi connectivity index (χ0) is 21.2. The van der Waals surface area contributed by atoms with Gasteiger partial charge >= 0.3 is 12.2 Å². The molecule has 1 aromatic heterocycles. The van der Waals surface area contributed by atoms with Gasteiger partial charge in [-0.2, -0.15) is 13.2 Å². The maximum Gasteiger partial charge on any atom is 0.416 e. The Morgan fingerprint density at radius 2 is 1.83 bits per heavy atom. The highest BCUT2D eigenvalue weighted by Crippen LogP contribution is 2.30. The molecule has 2 fully saturated rings. The van der Waals surface area contributed by atoms with Gasteiger partial charge in [-0.3, -0.25) is 4.79 Å². The molecule has 0 spiro atoms. The number of halogens is 3. The van der Waals surface area contributed by atoms with E-state index in [-0.39, 0.29) is 30.4 Å². The first-order valence-corrected chi connectivity index (χ1v) is 11.0. The summed E-state index contributed by atoms with van der Waals surface area (Å²) in [7, 11) is -3.16. The third-order valence-corrected chi connectivity index (χ3v) is 6.61. The van der Waals surface area contributed by atoms with Crippen LogP contribution in [0, 0.1) is 0 Å². The number of anilines is 1. The van der Waals surface area contributed by atoms with Crippen LogP contribution in [0.1, 0.15) is 24.8 Å². The molecule has 1 atom stereocenters. The highest BCUT2D eigenvalue weighted by molar-refractivity contribution is 7.91. The van der Waals surface area contributed by atoms with E-state index in [2.05, 4.69) is 10.3 Å². The van der Waals surface area contributed by atoms with Crippen LogP contribution in [0.15, 0.2) is 18.3 Å². The van der Waals surface area contributed by atoms with Crippen molar-refractivity contribution in [2.75, 3.05) is 36.5 Å². The predicted molar refractivity (Wildman–Crippen MR) is 97.8 cm³/mol. The Morgan fingerprint density at radius 1 is 1.14 bits per heavy atom. The number of aromatic nitrogens is 1. The van der Waals surface area contributed by atoms with Gasteiger partial charge in [-0.05, 0) is 31.4 Å². The van der Waals surface area contributed by atoms with Crippen LogP contribution in [-0.2, 0) is 20.8 Å². The van der Waals surface area contributed by atoms with Crippen LogP contribution >= 0.6 is 0 Å². The number of alkyl halides is 3. The van der Waals surface area contributed by atoms with Crippen molar-refractivity contribution in [1.82, 2.24) is 14.8 Å². The minimum absolute atomic E-state index is 0.0567. The zero-order valence-electron chi connectivity index (χ0n) is 15.5. The number of pyridine rings is 1. The van der Waals surface area contributed by atoms with Gasteiger partial charge in [0, 0.05) is 25.8 Å². The Morgan fingerprint density at radius 3 is 2.48 bits per heavy atom. The van der Waals surface area contributed by atoms with Gasteiger partial charge in [0.1, 0.15) is 11.9 Å². The minimum atomic E-state index is -4.57. The highest BCUT2D eigenvalue weighted by Gasteiger charge is 2.37. The first-order chi connectivity index (χ1) is 13.6. The standard InChI is InChI=1S/C17H21F3N4O4S/c18-17(19,20)12-4-5-21-14(11-12)22-15(25)13-3-1-2-6-24(13)16(26)23-7-9-29(27,28)10-8-23/h4-5,11,13H,1-3,6-10H2,(H,21,22,25)/t13-/m0/s1. The van der Waals surface area contributed by atoms with E-state index in [1.165, 1.54) is 9.80 Å². The first-order valence-electron chi connectivity index (χ1n) is 9.17. The van der Waals surface area contributed by atoms with E-state index in [9.17, 15) is 31.2 Å². The summed E-state index contributed by atoms with van der Waals surface area (Å²) in [6.45, 7) is 0.429. The van der Waals surface area contributed by atoms with E-state index in [4.69, 9.17) is 0 Å². The van der Waals surface area contributed by atoms with Crippen LogP contribution in [0.2, 0.25) is 0 Å². The summed E-state index contributed by atoms with van der Waals surface area (Å²) in [6, 6.07) is 0.252. The molecule has 1 aromatic rings. The lowest BCUT2D eigenvalue weighted by Gasteiger charge is -2.39. The van der Waals surface area contributed by atoms with Crippen LogP contribution < -0.4 is 5.32 Å².